The average Bonchev–Trinajstić information content (AvgIpc) is 2.51. The topological polar surface area (TPSA) is 36.4 Å². The molecule has 1 unspecified atom stereocenters. The Morgan fingerprint density at radius 2 is 2.42 bits per heavy atom. The summed E-state index contributed by atoms with van der Waals surface area (Å²) in [6.45, 7) is -0.755. The van der Waals surface area contributed by atoms with Crippen molar-refractivity contribution < 1.29 is 9.50 Å². The lowest BCUT2D eigenvalue weighted by molar-refractivity contribution is 0.145. The fourth-order valence-corrected chi connectivity index (χ4v) is 1.52. The largest absolute Gasteiger partial charge is 0.385 e. The molecule has 0 amide bonds. The molecule has 1 atom stereocenters. The predicted octanol–water partition coefficient (Wildman–Crippen LogP) is 1.21. The van der Waals surface area contributed by atoms with E-state index in [4.69, 9.17) is 5.11 Å². The SMILES string of the molecule is CN(C)c1ncc(C(O)CF)s1. The fourth-order valence-electron chi connectivity index (χ4n) is 0.714. The second-order valence-corrected chi connectivity index (χ2v) is 3.65. The zero-order chi connectivity index (χ0) is 9.14. The zero-order valence-corrected chi connectivity index (χ0v) is 7.81. The number of nitrogens with zero attached hydrogens (tertiary/aromatic N) is 2. The van der Waals surface area contributed by atoms with E-state index in [-0.39, 0.29) is 0 Å². The predicted molar refractivity (Wildman–Crippen MR) is 47.4 cm³/mol. The van der Waals surface area contributed by atoms with Crippen molar-refractivity contribution in [3.05, 3.63) is 11.1 Å². The number of thiazole rings is 1. The van der Waals surface area contributed by atoms with Crippen LogP contribution in [0.1, 0.15) is 11.0 Å². The Bertz CT molecular complexity index is 251. The molecule has 3 nitrogen and oxygen atoms in total. The molecule has 0 saturated heterocycles. The van der Waals surface area contributed by atoms with Gasteiger partial charge in [0.2, 0.25) is 0 Å². The lowest BCUT2D eigenvalue weighted by Crippen LogP contribution is -2.07. The van der Waals surface area contributed by atoms with Crippen molar-refractivity contribution in [2.45, 2.75) is 6.10 Å². The molecule has 0 radical (unpaired) electrons. The molecule has 1 heterocycles. The van der Waals surface area contributed by atoms with Gasteiger partial charge in [0.1, 0.15) is 12.8 Å². The summed E-state index contributed by atoms with van der Waals surface area (Å²) in [5.41, 5.74) is 0. The lowest BCUT2D eigenvalue weighted by atomic mass is 10.3. The molecule has 0 bridgehead atoms. The minimum atomic E-state index is -1.02. The van der Waals surface area contributed by atoms with Gasteiger partial charge in [0.25, 0.3) is 0 Å². The Morgan fingerprint density at radius 3 is 2.83 bits per heavy atom. The standard InChI is InChI=1S/C7H11FN2OS/c1-10(2)7-9-4-6(12-7)5(11)3-8/h4-5,11H,3H2,1-2H3. The van der Waals surface area contributed by atoms with E-state index in [0.29, 0.717) is 4.88 Å². The molecule has 1 N–H and O–H groups in total. The van der Waals surface area contributed by atoms with Gasteiger partial charge < -0.3 is 10.0 Å². The van der Waals surface area contributed by atoms with Gasteiger partial charge in [-0.2, -0.15) is 0 Å². The van der Waals surface area contributed by atoms with E-state index in [9.17, 15) is 4.39 Å². The number of rotatable bonds is 3. The number of aromatic nitrogens is 1. The molecule has 0 aromatic carbocycles. The molecule has 0 spiro atoms. The normalized spacial score (nSPS) is 13.0. The quantitative estimate of drug-likeness (QED) is 0.778. The van der Waals surface area contributed by atoms with Gasteiger partial charge in [-0.1, -0.05) is 11.3 Å². The third-order valence-corrected chi connectivity index (χ3v) is 2.63. The summed E-state index contributed by atoms with van der Waals surface area (Å²) < 4.78 is 12.0. The summed E-state index contributed by atoms with van der Waals surface area (Å²) in [6, 6.07) is 0. The van der Waals surface area contributed by atoms with Crippen LogP contribution in [0.2, 0.25) is 0 Å². The summed E-state index contributed by atoms with van der Waals surface area (Å²) in [6.07, 6.45) is 0.487. The van der Waals surface area contributed by atoms with Crippen LogP contribution in [0.15, 0.2) is 6.20 Å². The Hall–Kier alpha value is -0.680. The first-order valence-electron chi connectivity index (χ1n) is 3.52. The zero-order valence-electron chi connectivity index (χ0n) is 6.99. The van der Waals surface area contributed by atoms with Crippen LogP contribution < -0.4 is 4.90 Å². The molecule has 0 aliphatic carbocycles. The van der Waals surface area contributed by atoms with Crippen LogP contribution in [0.3, 0.4) is 0 Å². The van der Waals surface area contributed by atoms with E-state index >= 15 is 0 Å². The molecule has 1 rings (SSSR count). The van der Waals surface area contributed by atoms with Gasteiger partial charge in [-0.3, -0.25) is 0 Å². The second-order valence-electron chi connectivity index (χ2n) is 2.61. The summed E-state index contributed by atoms with van der Waals surface area (Å²) in [4.78, 5) is 6.39. The minimum Gasteiger partial charge on any atom is -0.385 e. The number of anilines is 1. The van der Waals surface area contributed by atoms with Crippen LogP contribution in [0, 0.1) is 0 Å². The molecule has 0 saturated carbocycles. The third kappa shape index (κ3) is 1.92. The molecule has 0 aliphatic rings. The lowest BCUT2D eigenvalue weighted by Gasteiger charge is -2.05. The maximum Gasteiger partial charge on any atom is 0.185 e. The first kappa shape index (κ1) is 9.41. The van der Waals surface area contributed by atoms with Crippen molar-refractivity contribution >= 4 is 16.5 Å². The van der Waals surface area contributed by atoms with E-state index < -0.39 is 12.8 Å². The summed E-state index contributed by atoms with van der Waals surface area (Å²) in [5.74, 6) is 0. The highest BCUT2D eigenvalue weighted by Crippen LogP contribution is 2.25. The number of aliphatic hydroxyl groups is 1. The molecular formula is C7H11FN2OS. The van der Waals surface area contributed by atoms with Crippen molar-refractivity contribution in [1.29, 1.82) is 0 Å². The summed E-state index contributed by atoms with van der Waals surface area (Å²) in [5, 5.41) is 9.88. The number of hydrogen-bond acceptors (Lipinski definition) is 4. The van der Waals surface area contributed by atoms with Crippen LogP contribution in [0.25, 0.3) is 0 Å². The van der Waals surface area contributed by atoms with Crippen LogP contribution in [-0.4, -0.2) is 30.9 Å². The Labute approximate surface area is 74.5 Å². The Morgan fingerprint density at radius 1 is 1.75 bits per heavy atom. The Balaban J connectivity index is 2.77. The Kier molecular flexibility index (Phi) is 2.99. The van der Waals surface area contributed by atoms with Crippen LogP contribution >= 0.6 is 11.3 Å². The molecular weight excluding hydrogens is 179 g/mol. The van der Waals surface area contributed by atoms with E-state index in [2.05, 4.69) is 4.98 Å². The highest BCUT2D eigenvalue weighted by molar-refractivity contribution is 7.15. The molecule has 1 aromatic rings. The highest BCUT2D eigenvalue weighted by Gasteiger charge is 2.11. The van der Waals surface area contributed by atoms with Gasteiger partial charge in [-0.15, -0.1) is 0 Å². The molecule has 68 valence electrons. The smallest absolute Gasteiger partial charge is 0.185 e. The van der Waals surface area contributed by atoms with Crippen molar-refractivity contribution in [1.82, 2.24) is 4.98 Å². The number of halogens is 1. The monoisotopic (exact) mass is 190 g/mol. The fraction of sp³-hybridized carbons (Fsp3) is 0.571. The number of alkyl halides is 1. The average molecular weight is 190 g/mol. The van der Waals surface area contributed by atoms with Crippen LogP contribution in [-0.2, 0) is 0 Å². The van der Waals surface area contributed by atoms with Gasteiger partial charge in [0.05, 0.1) is 4.88 Å². The molecule has 0 fully saturated rings. The van der Waals surface area contributed by atoms with Crippen molar-refractivity contribution in [2.75, 3.05) is 25.7 Å². The van der Waals surface area contributed by atoms with Gasteiger partial charge in [0, 0.05) is 20.3 Å². The van der Waals surface area contributed by atoms with Crippen LogP contribution in [0.5, 0.6) is 0 Å². The van der Waals surface area contributed by atoms with Crippen molar-refractivity contribution in [3.8, 4) is 0 Å². The molecule has 0 aliphatic heterocycles. The molecule has 5 heteroatoms. The van der Waals surface area contributed by atoms with Gasteiger partial charge in [-0.25, -0.2) is 9.37 Å². The van der Waals surface area contributed by atoms with E-state index in [1.54, 1.807) is 0 Å². The van der Waals surface area contributed by atoms with E-state index in [1.165, 1.54) is 17.5 Å². The van der Waals surface area contributed by atoms with Crippen molar-refractivity contribution in [2.24, 2.45) is 0 Å². The molecule has 12 heavy (non-hydrogen) atoms. The number of aliphatic hydroxyl groups excluding tert-OH is 1. The first-order valence-corrected chi connectivity index (χ1v) is 4.34. The third-order valence-electron chi connectivity index (χ3n) is 1.37. The summed E-state index contributed by atoms with van der Waals surface area (Å²) in [7, 11) is 3.70. The van der Waals surface area contributed by atoms with Crippen molar-refractivity contribution in [3.63, 3.8) is 0 Å². The van der Waals surface area contributed by atoms with E-state index in [1.807, 2.05) is 19.0 Å². The highest BCUT2D eigenvalue weighted by atomic mass is 32.1. The maximum atomic E-state index is 12.0. The second kappa shape index (κ2) is 3.82. The molecule has 1 aromatic heterocycles. The minimum absolute atomic E-state index is 0.571. The summed E-state index contributed by atoms with van der Waals surface area (Å²) >= 11 is 1.30. The maximum absolute atomic E-state index is 12.0. The first-order chi connectivity index (χ1) is 5.65. The number of hydrogen-bond donors (Lipinski definition) is 1. The van der Waals surface area contributed by atoms with E-state index in [0.717, 1.165) is 5.13 Å². The van der Waals surface area contributed by atoms with Crippen LogP contribution in [0.4, 0.5) is 9.52 Å². The van der Waals surface area contributed by atoms with Gasteiger partial charge in [-0.05, 0) is 0 Å². The van der Waals surface area contributed by atoms with Gasteiger partial charge >= 0.3 is 0 Å². The van der Waals surface area contributed by atoms with Gasteiger partial charge in [0.15, 0.2) is 5.13 Å².